The minimum Gasteiger partial charge on any atom is -0.481 e. The number of carboxylic acid groups (broad SMARTS) is 1. The van der Waals surface area contributed by atoms with Gasteiger partial charge in [-0.3, -0.25) is 4.79 Å². The van der Waals surface area contributed by atoms with Crippen molar-refractivity contribution < 1.29 is 14.7 Å². The topological polar surface area (TPSA) is 81.7 Å². The van der Waals surface area contributed by atoms with Crippen molar-refractivity contribution in [3.63, 3.8) is 0 Å². The average Bonchev–Trinajstić information content (AvgIpc) is 2.37. The number of carbonyl (C=O) groups excluding carboxylic acids is 1. The second-order valence-electron chi connectivity index (χ2n) is 7.14. The average molecular weight is 299 g/mol. The zero-order valence-electron chi connectivity index (χ0n) is 13.8. The van der Waals surface area contributed by atoms with Crippen LogP contribution in [0.3, 0.4) is 0 Å². The molecule has 6 nitrogen and oxygen atoms in total. The lowest BCUT2D eigenvalue weighted by Crippen LogP contribution is -2.59. The standard InChI is InChI=1S/C15H29N3O3/c1-14(2,12(19)20)15(3,4)17-13(21)16-10-11-6-8-18(5)9-7-11/h11H,6-10H2,1-5H3,(H,19,20)(H2,16,17,21). The molecule has 1 rings (SSSR count). The third kappa shape index (κ3) is 4.59. The summed E-state index contributed by atoms with van der Waals surface area (Å²) in [6, 6.07) is -0.298. The highest BCUT2D eigenvalue weighted by molar-refractivity contribution is 5.79. The lowest BCUT2D eigenvalue weighted by atomic mass is 9.74. The molecule has 0 unspecified atom stereocenters. The van der Waals surface area contributed by atoms with Crippen molar-refractivity contribution in [2.45, 2.75) is 46.1 Å². The molecule has 122 valence electrons. The normalized spacial score (nSPS) is 18.3. The summed E-state index contributed by atoms with van der Waals surface area (Å²) in [6.45, 7) is 9.46. The summed E-state index contributed by atoms with van der Waals surface area (Å²) >= 11 is 0. The largest absolute Gasteiger partial charge is 0.481 e. The number of piperidine rings is 1. The van der Waals surface area contributed by atoms with E-state index in [2.05, 4.69) is 22.6 Å². The Bertz CT molecular complexity index is 386. The van der Waals surface area contributed by atoms with E-state index in [0.717, 1.165) is 25.9 Å². The van der Waals surface area contributed by atoms with Crippen LogP contribution in [0, 0.1) is 11.3 Å². The van der Waals surface area contributed by atoms with E-state index in [4.69, 9.17) is 0 Å². The highest BCUT2D eigenvalue weighted by atomic mass is 16.4. The molecule has 0 spiro atoms. The second kappa shape index (κ2) is 6.64. The van der Waals surface area contributed by atoms with Gasteiger partial charge in [-0.1, -0.05) is 0 Å². The Morgan fingerprint density at radius 2 is 1.71 bits per heavy atom. The van der Waals surface area contributed by atoms with Gasteiger partial charge < -0.3 is 20.6 Å². The summed E-state index contributed by atoms with van der Waals surface area (Å²) in [7, 11) is 2.10. The van der Waals surface area contributed by atoms with Gasteiger partial charge in [0.1, 0.15) is 0 Å². The maximum absolute atomic E-state index is 12.0. The summed E-state index contributed by atoms with van der Waals surface area (Å²) in [5.41, 5.74) is -1.88. The van der Waals surface area contributed by atoms with E-state index in [1.165, 1.54) is 0 Å². The summed E-state index contributed by atoms with van der Waals surface area (Å²) in [5.74, 6) is -0.425. The van der Waals surface area contributed by atoms with Crippen LogP contribution in [0.4, 0.5) is 4.79 Å². The lowest BCUT2D eigenvalue weighted by molar-refractivity contribution is -0.150. The van der Waals surface area contributed by atoms with Crippen LogP contribution in [-0.2, 0) is 4.79 Å². The number of amides is 2. The molecule has 21 heavy (non-hydrogen) atoms. The molecule has 0 aliphatic carbocycles. The minimum atomic E-state index is -1.04. The van der Waals surface area contributed by atoms with E-state index in [0.29, 0.717) is 12.5 Å². The van der Waals surface area contributed by atoms with Gasteiger partial charge in [0.2, 0.25) is 0 Å². The van der Waals surface area contributed by atoms with Crippen LogP contribution in [0.15, 0.2) is 0 Å². The fraction of sp³-hybridized carbons (Fsp3) is 0.867. The first-order valence-corrected chi connectivity index (χ1v) is 7.54. The molecule has 0 aromatic rings. The van der Waals surface area contributed by atoms with Gasteiger partial charge in [-0.25, -0.2) is 4.79 Å². The number of carboxylic acids is 1. The summed E-state index contributed by atoms with van der Waals surface area (Å²) in [4.78, 5) is 25.6. The van der Waals surface area contributed by atoms with Crippen molar-refractivity contribution in [3.8, 4) is 0 Å². The van der Waals surface area contributed by atoms with E-state index >= 15 is 0 Å². The van der Waals surface area contributed by atoms with Crippen LogP contribution in [0.25, 0.3) is 0 Å². The van der Waals surface area contributed by atoms with Crippen molar-refractivity contribution in [1.82, 2.24) is 15.5 Å². The first-order chi connectivity index (χ1) is 9.56. The number of carbonyl (C=O) groups is 2. The molecule has 2 amide bonds. The van der Waals surface area contributed by atoms with Gasteiger partial charge in [-0.15, -0.1) is 0 Å². The smallest absolute Gasteiger partial charge is 0.315 e. The Hall–Kier alpha value is -1.30. The predicted octanol–water partition coefficient (Wildman–Crippen LogP) is 1.52. The first kappa shape index (κ1) is 17.8. The molecule has 3 N–H and O–H groups in total. The molecule has 1 fully saturated rings. The van der Waals surface area contributed by atoms with Gasteiger partial charge in [0.15, 0.2) is 0 Å². The summed E-state index contributed by atoms with van der Waals surface area (Å²) < 4.78 is 0. The molecule has 0 saturated carbocycles. The molecular formula is C15H29N3O3. The van der Waals surface area contributed by atoms with E-state index < -0.39 is 16.9 Å². The van der Waals surface area contributed by atoms with E-state index in [1.807, 2.05) is 0 Å². The van der Waals surface area contributed by atoms with Crippen LogP contribution in [0.2, 0.25) is 0 Å². The molecule has 0 bridgehead atoms. The number of hydrogen-bond donors (Lipinski definition) is 3. The van der Waals surface area contributed by atoms with Crippen molar-refractivity contribution >= 4 is 12.0 Å². The van der Waals surface area contributed by atoms with Gasteiger partial charge in [-0.05, 0) is 66.6 Å². The maximum atomic E-state index is 12.0. The fourth-order valence-corrected chi connectivity index (χ4v) is 2.25. The molecule has 0 aromatic heterocycles. The molecule has 0 atom stereocenters. The lowest BCUT2D eigenvalue weighted by Gasteiger charge is -2.39. The number of aliphatic carboxylic acids is 1. The zero-order chi connectivity index (χ0) is 16.3. The van der Waals surface area contributed by atoms with Crippen LogP contribution in [-0.4, -0.2) is 54.2 Å². The van der Waals surface area contributed by atoms with Gasteiger partial charge in [-0.2, -0.15) is 0 Å². The summed E-state index contributed by atoms with van der Waals surface area (Å²) in [5, 5.41) is 14.9. The Kier molecular flexibility index (Phi) is 5.61. The highest BCUT2D eigenvalue weighted by Crippen LogP contribution is 2.30. The molecular weight excluding hydrogens is 270 g/mol. The van der Waals surface area contributed by atoms with Crippen LogP contribution in [0.5, 0.6) is 0 Å². The van der Waals surface area contributed by atoms with Crippen LogP contribution >= 0.6 is 0 Å². The predicted molar refractivity (Wildman–Crippen MR) is 82.3 cm³/mol. The van der Waals surface area contributed by atoms with Crippen LogP contribution < -0.4 is 10.6 Å². The first-order valence-electron chi connectivity index (χ1n) is 7.54. The second-order valence-corrected chi connectivity index (χ2v) is 7.14. The van der Waals surface area contributed by atoms with E-state index in [-0.39, 0.29) is 6.03 Å². The maximum Gasteiger partial charge on any atom is 0.315 e. The molecule has 1 saturated heterocycles. The van der Waals surface area contributed by atoms with Crippen molar-refractivity contribution in [2.24, 2.45) is 11.3 Å². The Morgan fingerprint density at radius 1 is 1.19 bits per heavy atom. The third-order valence-corrected chi connectivity index (χ3v) is 4.91. The van der Waals surface area contributed by atoms with Crippen LogP contribution in [0.1, 0.15) is 40.5 Å². The van der Waals surface area contributed by atoms with E-state index in [9.17, 15) is 14.7 Å². The van der Waals surface area contributed by atoms with Gasteiger partial charge in [0.05, 0.1) is 11.0 Å². The molecule has 1 aliphatic heterocycles. The number of urea groups is 1. The van der Waals surface area contributed by atoms with Crippen molar-refractivity contribution in [2.75, 3.05) is 26.7 Å². The quantitative estimate of drug-likeness (QED) is 0.719. The molecule has 0 radical (unpaired) electrons. The zero-order valence-corrected chi connectivity index (χ0v) is 13.8. The van der Waals surface area contributed by atoms with Crippen molar-refractivity contribution in [3.05, 3.63) is 0 Å². The number of rotatable bonds is 5. The number of likely N-dealkylation sites (tertiary alicyclic amines) is 1. The Balaban J connectivity index is 2.44. The Labute approximate surface area is 127 Å². The fourth-order valence-electron chi connectivity index (χ4n) is 2.25. The summed E-state index contributed by atoms with van der Waals surface area (Å²) in [6.07, 6.45) is 2.17. The molecule has 0 aromatic carbocycles. The number of hydrogen-bond acceptors (Lipinski definition) is 3. The Morgan fingerprint density at radius 3 is 2.19 bits per heavy atom. The minimum absolute atomic E-state index is 0.298. The third-order valence-electron chi connectivity index (χ3n) is 4.91. The number of nitrogens with zero attached hydrogens (tertiary/aromatic N) is 1. The molecule has 6 heteroatoms. The monoisotopic (exact) mass is 299 g/mol. The van der Waals surface area contributed by atoms with Crippen molar-refractivity contribution in [1.29, 1.82) is 0 Å². The highest BCUT2D eigenvalue weighted by Gasteiger charge is 2.44. The van der Waals surface area contributed by atoms with Gasteiger partial charge >= 0.3 is 12.0 Å². The number of nitrogens with one attached hydrogen (secondary N) is 2. The van der Waals surface area contributed by atoms with E-state index in [1.54, 1.807) is 27.7 Å². The van der Waals surface area contributed by atoms with Gasteiger partial charge in [0.25, 0.3) is 0 Å². The molecule has 1 aliphatic rings. The SMILES string of the molecule is CN1CCC(CNC(=O)NC(C)(C)C(C)(C)C(=O)O)CC1. The van der Waals surface area contributed by atoms with Gasteiger partial charge in [0, 0.05) is 6.54 Å². The molecule has 1 heterocycles.